The Kier molecular flexibility index (Phi) is 13.0. The largest absolute Gasteiger partial charge is 0.397 e. The van der Waals surface area contributed by atoms with Crippen LogP contribution in [0.25, 0.3) is 0 Å². The molecule has 0 aromatic heterocycles. The third-order valence-electron chi connectivity index (χ3n) is 5.53. The zero-order valence-electron chi connectivity index (χ0n) is 16.9. The lowest BCUT2D eigenvalue weighted by Gasteiger charge is -2.32. The number of nitrogen functional groups attached to an aromatic ring is 1. The molecular weight excluding hydrogens is 455 g/mol. The number of rotatable bonds is 6. The van der Waals surface area contributed by atoms with E-state index in [0.717, 1.165) is 11.6 Å². The van der Waals surface area contributed by atoms with Gasteiger partial charge in [0.2, 0.25) is 0 Å². The van der Waals surface area contributed by atoms with Gasteiger partial charge >= 0.3 is 0 Å². The van der Waals surface area contributed by atoms with Crippen molar-refractivity contribution in [2.75, 3.05) is 36.0 Å². The highest BCUT2D eigenvalue weighted by molar-refractivity contribution is 6.05. The van der Waals surface area contributed by atoms with E-state index in [4.69, 9.17) is 5.73 Å². The van der Waals surface area contributed by atoms with Crippen LogP contribution in [-0.2, 0) is 0 Å². The summed E-state index contributed by atoms with van der Waals surface area (Å²) in [5.41, 5.74) is 8.80. The molecule has 2 fully saturated rings. The number of carbonyl (C=O) groups is 1. The molecule has 2 aromatic rings. The van der Waals surface area contributed by atoms with Crippen molar-refractivity contribution in [2.45, 2.75) is 39.2 Å². The maximum absolute atomic E-state index is 12.4. The summed E-state index contributed by atoms with van der Waals surface area (Å²) in [6.45, 7) is 3.67. The Labute approximate surface area is 204 Å². The highest BCUT2D eigenvalue weighted by atomic mass is 35.5. The van der Waals surface area contributed by atoms with Crippen molar-refractivity contribution >= 4 is 60.2 Å². The normalized spacial score (nSPS) is 15.9. The minimum Gasteiger partial charge on any atom is -0.397 e. The summed E-state index contributed by atoms with van der Waals surface area (Å²) in [5.74, 6) is 0.826. The number of hydrogen-bond donors (Lipinski definition) is 3. The number of hydrogen-bond acceptors (Lipinski definition) is 4. The highest BCUT2D eigenvalue weighted by Crippen LogP contribution is 2.30. The Morgan fingerprint density at radius 2 is 1.55 bits per heavy atom. The number of benzene rings is 2. The number of likely N-dealkylation sites (tertiary alicyclic amines) is 1. The third-order valence-corrected chi connectivity index (χ3v) is 5.53. The number of anilines is 3. The highest BCUT2D eigenvalue weighted by Gasteiger charge is 2.26. The van der Waals surface area contributed by atoms with Gasteiger partial charge in [0.25, 0.3) is 5.91 Å². The zero-order valence-corrected chi connectivity index (χ0v) is 19.3. The average Bonchev–Trinajstić information content (AvgIpc) is 3.50. The van der Waals surface area contributed by atoms with E-state index >= 15 is 0 Å². The minimum atomic E-state index is -0.146. The number of nitrogens with two attached hydrogens (primary N) is 1. The minimum absolute atomic E-state index is 0. The molecule has 4 N–H and O–H groups in total. The van der Waals surface area contributed by atoms with Crippen LogP contribution in [0.4, 0.5) is 17.1 Å². The monoisotopic (exact) mass is 488 g/mol. The van der Waals surface area contributed by atoms with Crippen molar-refractivity contribution in [1.82, 2.24) is 4.90 Å². The van der Waals surface area contributed by atoms with Crippen molar-refractivity contribution < 1.29 is 4.79 Å². The molecule has 8 heteroatoms. The first-order chi connectivity index (χ1) is 13.2. The predicted molar refractivity (Wildman–Crippen MR) is 140 cm³/mol. The van der Waals surface area contributed by atoms with Crippen molar-refractivity contribution in [3.63, 3.8) is 0 Å². The molecule has 0 spiro atoms. The Morgan fingerprint density at radius 1 is 0.935 bits per heavy atom. The van der Waals surface area contributed by atoms with Gasteiger partial charge in [-0.05, 0) is 68.0 Å². The van der Waals surface area contributed by atoms with Gasteiger partial charge in [-0.2, -0.15) is 0 Å². The smallest absolute Gasteiger partial charge is 0.255 e. The summed E-state index contributed by atoms with van der Waals surface area (Å²) in [6, 6.07) is 15.5. The summed E-state index contributed by atoms with van der Waals surface area (Å²) in [5, 5.41) is 6.48. The second-order valence-electron chi connectivity index (χ2n) is 7.78. The summed E-state index contributed by atoms with van der Waals surface area (Å²) in [7, 11) is 0. The van der Waals surface area contributed by atoms with Crippen molar-refractivity contribution in [1.29, 1.82) is 0 Å². The summed E-state index contributed by atoms with van der Waals surface area (Å²) in [4.78, 5) is 15.0. The second kappa shape index (κ2) is 13.7. The number of nitrogens with zero attached hydrogens (tertiary/aromatic N) is 1. The van der Waals surface area contributed by atoms with E-state index < -0.39 is 0 Å². The molecule has 0 bridgehead atoms. The van der Waals surface area contributed by atoms with Crippen LogP contribution in [0.2, 0.25) is 0 Å². The van der Waals surface area contributed by atoms with Gasteiger partial charge in [0.05, 0.1) is 11.4 Å². The molecule has 1 saturated heterocycles. The number of para-hydroxylation sites is 2. The van der Waals surface area contributed by atoms with Crippen LogP contribution in [-0.4, -0.2) is 36.5 Å². The molecule has 1 saturated carbocycles. The van der Waals surface area contributed by atoms with Gasteiger partial charge < -0.3 is 21.3 Å². The molecule has 174 valence electrons. The molecular formula is C23H35Cl3N4O. The predicted octanol–water partition coefficient (Wildman–Crippen LogP) is 5.71. The maximum atomic E-state index is 12.4. The standard InChI is InChI=1S/C22H28N4O.CH4.3ClH/c23-20-3-1-2-4-21(20)25-22(27)17-7-9-18(10-8-17)24-19-11-13-26(14-12-19)15-16-5-6-16;;;;/h1-4,7-10,16,19,24H,5-6,11-15,23H2,(H,25,27);1H4;3*1H. The van der Waals surface area contributed by atoms with Crippen molar-refractivity contribution in [2.24, 2.45) is 5.92 Å². The fraction of sp³-hybridized carbons (Fsp3) is 0.435. The first-order valence-corrected chi connectivity index (χ1v) is 9.92. The number of piperidine rings is 1. The van der Waals surface area contributed by atoms with E-state index in [1.54, 1.807) is 12.1 Å². The Balaban J connectivity index is 0.00000225. The van der Waals surface area contributed by atoms with Crippen LogP contribution in [0.15, 0.2) is 48.5 Å². The van der Waals surface area contributed by atoms with Crippen LogP contribution in [0, 0.1) is 5.92 Å². The van der Waals surface area contributed by atoms with Crippen LogP contribution >= 0.6 is 37.2 Å². The fourth-order valence-corrected chi connectivity index (χ4v) is 3.68. The molecule has 31 heavy (non-hydrogen) atoms. The molecule has 4 rings (SSSR count). The van der Waals surface area contributed by atoms with Crippen molar-refractivity contribution in [3.8, 4) is 0 Å². The number of carbonyl (C=O) groups excluding carboxylic acids is 1. The van der Waals surface area contributed by atoms with Crippen LogP contribution in [0.5, 0.6) is 0 Å². The van der Waals surface area contributed by atoms with Gasteiger partial charge in [-0.25, -0.2) is 0 Å². The summed E-state index contributed by atoms with van der Waals surface area (Å²) >= 11 is 0. The Morgan fingerprint density at radius 3 is 2.13 bits per heavy atom. The zero-order chi connectivity index (χ0) is 18.6. The number of halogens is 3. The van der Waals surface area contributed by atoms with Gasteiger partial charge in [-0.3, -0.25) is 4.79 Å². The van der Waals surface area contributed by atoms with Crippen LogP contribution < -0.4 is 16.4 Å². The molecule has 1 amide bonds. The van der Waals surface area contributed by atoms with Gasteiger partial charge in [-0.1, -0.05) is 19.6 Å². The van der Waals surface area contributed by atoms with E-state index in [0.29, 0.717) is 23.0 Å². The number of amides is 1. The lowest BCUT2D eigenvalue weighted by atomic mass is 10.0. The molecule has 2 aliphatic rings. The van der Waals surface area contributed by atoms with Gasteiger partial charge in [0.15, 0.2) is 0 Å². The van der Waals surface area contributed by atoms with E-state index in [9.17, 15) is 4.79 Å². The summed E-state index contributed by atoms with van der Waals surface area (Å²) in [6.07, 6.45) is 5.22. The van der Waals surface area contributed by atoms with Crippen LogP contribution in [0.3, 0.4) is 0 Å². The molecule has 1 aliphatic heterocycles. The first-order valence-electron chi connectivity index (χ1n) is 9.92. The molecule has 1 aliphatic carbocycles. The van der Waals surface area contributed by atoms with Gasteiger partial charge in [-0.15, -0.1) is 37.2 Å². The molecule has 0 radical (unpaired) electrons. The molecule has 5 nitrogen and oxygen atoms in total. The fourth-order valence-electron chi connectivity index (χ4n) is 3.68. The number of nitrogens with one attached hydrogen (secondary N) is 2. The summed E-state index contributed by atoms with van der Waals surface area (Å²) < 4.78 is 0. The maximum Gasteiger partial charge on any atom is 0.255 e. The van der Waals surface area contributed by atoms with E-state index in [1.165, 1.54) is 45.3 Å². The second-order valence-corrected chi connectivity index (χ2v) is 7.78. The van der Waals surface area contributed by atoms with Crippen molar-refractivity contribution in [3.05, 3.63) is 54.1 Å². The van der Waals surface area contributed by atoms with E-state index in [2.05, 4.69) is 15.5 Å². The average molecular weight is 490 g/mol. The lowest BCUT2D eigenvalue weighted by molar-refractivity contribution is 0.102. The van der Waals surface area contributed by atoms with E-state index in [1.807, 2.05) is 36.4 Å². The molecule has 2 aromatic carbocycles. The molecule has 1 heterocycles. The van der Waals surface area contributed by atoms with Gasteiger partial charge in [0, 0.05) is 36.9 Å². The third kappa shape index (κ3) is 8.41. The quantitative estimate of drug-likeness (QED) is 0.455. The first kappa shape index (κ1) is 29.3. The Bertz CT molecular complexity index is 792. The molecule has 0 atom stereocenters. The van der Waals surface area contributed by atoms with E-state index in [-0.39, 0.29) is 50.6 Å². The van der Waals surface area contributed by atoms with Gasteiger partial charge in [0.1, 0.15) is 0 Å². The lowest BCUT2D eigenvalue weighted by Crippen LogP contribution is -2.40. The SMILES string of the molecule is C.Cl.Cl.Cl.Nc1ccccc1NC(=O)c1ccc(NC2CCN(CC3CC3)CC2)cc1. The topological polar surface area (TPSA) is 70.4 Å². The Hall–Kier alpha value is -1.66. The van der Waals surface area contributed by atoms with Crippen LogP contribution in [0.1, 0.15) is 43.5 Å². The molecule has 0 unspecified atom stereocenters.